The number of aromatic carboxylic acids is 2. The number of rotatable bonds is 2. The van der Waals surface area contributed by atoms with Gasteiger partial charge in [-0.05, 0) is 31.0 Å². The summed E-state index contributed by atoms with van der Waals surface area (Å²) in [6.45, 7) is 3.11. The molecule has 5 nitrogen and oxygen atoms in total. The Hall–Kier alpha value is -1.04. The van der Waals surface area contributed by atoms with Gasteiger partial charge in [-0.1, -0.05) is 0 Å². The maximum atomic E-state index is 10.8. The van der Waals surface area contributed by atoms with Gasteiger partial charge >= 0.3 is 41.5 Å². The molecule has 0 saturated carbocycles. The van der Waals surface area contributed by atoms with Crippen molar-refractivity contribution in [3.8, 4) is 0 Å². The van der Waals surface area contributed by atoms with Gasteiger partial charge in [0.05, 0.1) is 11.1 Å². The van der Waals surface area contributed by atoms with Crippen molar-refractivity contribution in [2.75, 3.05) is 5.73 Å². The first-order chi connectivity index (χ1) is 6.86. The number of carbonyl (C=O) groups is 2. The molecular formula is C10H12NNaO4. The Morgan fingerprint density at radius 1 is 1.12 bits per heavy atom. The predicted octanol–water partition coefficient (Wildman–Crippen LogP) is -1.60. The molecular weight excluding hydrogens is 221 g/mol. The van der Waals surface area contributed by atoms with Gasteiger partial charge in [-0.15, -0.1) is 0 Å². The van der Waals surface area contributed by atoms with Gasteiger partial charge in [0.25, 0.3) is 0 Å². The Balaban J connectivity index is 0. The molecule has 0 saturated heterocycles. The zero-order chi connectivity index (χ0) is 11.7. The number of hydrogen-bond acceptors (Lipinski definition) is 3. The smallest absolute Gasteiger partial charge is 1.00 e. The molecule has 6 heteroatoms. The number of carboxylic acids is 2. The van der Waals surface area contributed by atoms with Crippen LogP contribution in [-0.4, -0.2) is 22.2 Å². The van der Waals surface area contributed by atoms with Crippen LogP contribution in [0.15, 0.2) is 6.07 Å². The van der Waals surface area contributed by atoms with Crippen LogP contribution < -0.4 is 35.3 Å². The third-order valence-electron chi connectivity index (χ3n) is 2.37. The minimum atomic E-state index is -1.18. The van der Waals surface area contributed by atoms with E-state index in [4.69, 9.17) is 15.9 Å². The van der Waals surface area contributed by atoms with Crippen molar-refractivity contribution in [2.24, 2.45) is 0 Å². The second kappa shape index (κ2) is 5.34. The van der Waals surface area contributed by atoms with Crippen LogP contribution in [0.25, 0.3) is 0 Å². The van der Waals surface area contributed by atoms with Gasteiger partial charge in [0.2, 0.25) is 0 Å². The Morgan fingerprint density at radius 2 is 1.44 bits per heavy atom. The molecule has 1 rings (SSSR count). The standard InChI is InChI=1S/C10H11NO4.Na.H/c1-4-6(9(12)13)3-7(10(14)15)5(2)8(4)11;;/h3H,11H2,1-2H3,(H,12,13)(H,14,15);;/q;+1;-1. The van der Waals surface area contributed by atoms with Crippen LogP contribution in [0.1, 0.15) is 33.3 Å². The molecule has 4 N–H and O–H groups in total. The molecule has 16 heavy (non-hydrogen) atoms. The van der Waals surface area contributed by atoms with E-state index in [-0.39, 0.29) is 47.8 Å². The quantitative estimate of drug-likeness (QED) is 0.422. The van der Waals surface area contributed by atoms with Crippen LogP contribution in [0.2, 0.25) is 0 Å². The number of benzene rings is 1. The second-order valence-corrected chi connectivity index (χ2v) is 3.25. The van der Waals surface area contributed by atoms with Gasteiger partial charge in [-0.25, -0.2) is 9.59 Å². The molecule has 0 aliphatic carbocycles. The van der Waals surface area contributed by atoms with E-state index >= 15 is 0 Å². The van der Waals surface area contributed by atoms with Gasteiger partial charge < -0.3 is 17.4 Å². The summed E-state index contributed by atoms with van der Waals surface area (Å²) in [4.78, 5) is 21.6. The number of anilines is 1. The van der Waals surface area contributed by atoms with Gasteiger partial charge in [-0.3, -0.25) is 0 Å². The number of nitrogen functional groups attached to an aromatic ring is 1. The van der Waals surface area contributed by atoms with Gasteiger partial charge in [0.15, 0.2) is 0 Å². The van der Waals surface area contributed by atoms with Crippen molar-refractivity contribution < 1.29 is 50.8 Å². The average Bonchev–Trinajstić information content (AvgIpc) is 2.13. The summed E-state index contributed by atoms with van der Waals surface area (Å²) in [6.07, 6.45) is 0. The van der Waals surface area contributed by atoms with E-state index < -0.39 is 11.9 Å². The molecule has 1 aromatic rings. The third kappa shape index (κ3) is 2.55. The fourth-order valence-electron chi connectivity index (χ4n) is 1.38. The van der Waals surface area contributed by atoms with Crippen LogP contribution in [0, 0.1) is 13.8 Å². The SMILES string of the molecule is Cc1c(C(=O)O)cc(C(=O)O)c(C)c1N.[H-].[Na+]. The van der Waals surface area contributed by atoms with Crippen molar-refractivity contribution in [2.45, 2.75) is 13.8 Å². The first-order valence-electron chi connectivity index (χ1n) is 4.22. The Labute approximate surface area is 116 Å². The maximum absolute atomic E-state index is 10.8. The topological polar surface area (TPSA) is 101 Å². The minimum absolute atomic E-state index is 0. The van der Waals surface area contributed by atoms with Crippen LogP contribution in [0.4, 0.5) is 5.69 Å². The van der Waals surface area contributed by atoms with Crippen molar-refractivity contribution in [3.05, 3.63) is 28.3 Å². The Bertz CT molecular complexity index is 424. The fourth-order valence-corrected chi connectivity index (χ4v) is 1.38. The first-order valence-corrected chi connectivity index (χ1v) is 4.22. The molecule has 0 atom stereocenters. The van der Waals surface area contributed by atoms with E-state index in [0.29, 0.717) is 11.1 Å². The molecule has 0 aliphatic rings. The minimum Gasteiger partial charge on any atom is -1.00 e. The normalized spacial score (nSPS) is 9.38. The van der Waals surface area contributed by atoms with Crippen LogP contribution >= 0.6 is 0 Å². The zero-order valence-corrected chi connectivity index (χ0v) is 11.4. The molecule has 0 unspecified atom stereocenters. The molecule has 0 radical (unpaired) electrons. The average molecular weight is 233 g/mol. The monoisotopic (exact) mass is 233 g/mol. The largest absolute Gasteiger partial charge is 1.00 e. The summed E-state index contributed by atoms with van der Waals surface area (Å²) in [5.74, 6) is -2.36. The summed E-state index contributed by atoms with van der Waals surface area (Å²) < 4.78 is 0. The van der Waals surface area contributed by atoms with Crippen LogP contribution in [-0.2, 0) is 0 Å². The fraction of sp³-hybridized carbons (Fsp3) is 0.200. The van der Waals surface area contributed by atoms with E-state index in [2.05, 4.69) is 0 Å². The molecule has 0 amide bonds. The molecule has 0 aromatic heterocycles. The number of carboxylic acid groups (broad SMARTS) is 2. The third-order valence-corrected chi connectivity index (χ3v) is 2.37. The summed E-state index contributed by atoms with van der Waals surface area (Å²) in [7, 11) is 0. The van der Waals surface area contributed by atoms with Gasteiger partial charge in [0, 0.05) is 5.69 Å². The zero-order valence-electron chi connectivity index (χ0n) is 10.4. The van der Waals surface area contributed by atoms with E-state index in [1.165, 1.54) is 0 Å². The van der Waals surface area contributed by atoms with Crippen molar-refractivity contribution >= 4 is 17.6 Å². The molecule has 1 aromatic carbocycles. The molecule has 0 heterocycles. The maximum Gasteiger partial charge on any atom is 1.00 e. The van der Waals surface area contributed by atoms with Gasteiger partial charge in [-0.2, -0.15) is 0 Å². The van der Waals surface area contributed by atoms with Crippen molar-refractivity contribution in [3.63, 3.8) is 0 Å². The summed E-state index contributed by atoms with van der Waals surface area (Å²) in [6, 6.07) is 1.13. The predicted molar refractivity (Wildman–Crippen MR) is 55.4 cm³/mol. The van der Waals surface area contributed by atoms with Crippen LogP contribution in [0.3, 0.4) is 0 Å². The van der Waals surface area contributed by atoms with Crippen molar-refractivity contribution in [1.29, 1.82) is 0 Å². The second-order valence-electron chi connectivity index (χ2n) is 3.25. The molecule has 82 valence electrons. The summed E-state index contributed by atoms with van der Waals surface area (Å²) in [5, 5.41) is 17.7. The van der Waals surface area contributed by atoms with E-state index in [9.17, 15) is 9.59 Å². The van der Waals surface area contributed by atoms with E-state index in [1.54, 1.807) is 13.8 Å². The number of nitrogens with two attached hydrogens (primary N) is 1. The number of hydrogen-bond donors (Lipinski definition) is 3. The summed E-state index contributed by atoms with van der Waals surface area (Å²) in [5.41, 5.74) is 6.49. The first kappa shape index (κ1) is 15.0. The van der Waals surface area contributed by atoms with E-state index in [0.717, 1.165) is 6.07 Å². The van der Waals surface area contributed by atoms with Crippen LogP contribution in [0.5, 0.6) is 0 Å². The van der Waals surface area contributed by atoms with Crippen molar-refractivity contribution in [1.82, 2.24) is 0 Å². The Morgan fingerprint density at radius 3 is 1.69 bits per heavy atom. The summed E-state index contributed by atoms with van der Waals surface area (Å²) >= 11 is 0. The van der Waals surface area contributed by atoms with E-state index in [1.807, 2.05) is 0 Å². The molecule has 0 aliphatic heterocycles. The molecule has 0 fully saturated rings. The molecule has 0 spiro atoms. The van der Waals surface area contributed by atoms with Gasteiger partial charge in [0.1, 0.15) is 0 Å². The Kier molecular flexibility index (Phi) is 4.99. The molecule has 0 bridgehead atoms.